The van der Waals surface area contributed by atoms with Crippen LogP contribution in [0, 0.1) is 4.91 Å². The Labute approximate surface area is 68.0 Å². The highest BCUT2D eigenvalue weighted by Gasteiger charge is 2.23. The summed E-state index contributed by atoms with van der Waals surface area (Å²) in [5, 5.41) is 4.00. The molecule has 0 amide bonds. The summed E-state index contributed by atoms with van der Waals surface area (Å²) in [4.78, 5) is 15.5. The molecule has 0 aromatic carbocycles. The van der Waals surface area contributed by atoms with Crippen molar-refractivity contribution in [2.24, 2.45) is 7.05 Å². The zero-order chi connectivity index (χ0) is 8.43. The van der Waals surface area contributed by atoms with Gasteiger partial charge in [0.2, 0.25) is 5.15 Å². The van der Waals surface area contributed by atoms with Crippen LogP contribution in [-0.2, 0) is 11.9 Å². The van der Waals surface area contributed by atoms with Crippen molar-refractivity contribution in [1.29, 1.82) is 0 Å². The zero-order valence-corrected chi connectivity index (χ0v) is 6.87. The van der Waals surface area contributed by atoms with Crippen LogP contribution in [0.15, 0.2) is 6.20 Å². The van der Waals surface area contributed by atoms with Gasteiger partial charge in [-0.15, -0.1) is 0 Å². The van der Waals surface area contributed by atoms with Gasteiger partial charge in [-0.2, -0.15) is 5.10 Å². The van der Waals surface area contributed by atoms with E-state index in [9.17, 15) is 4.91 Å². The molecule has 1 aromatic heterocycles. The van der Waals surface area contributed by atoms with Crippen LogP contribution in [0.2, 0.25) is 5.15 Å². The van der Waals surface area contributed by atoms with Crippen LogP contribution in [0.25, 0.3) is 0 Å². The predicted octanol–water partition coefficient (Wildman–Crippen LogP) is 1.05. The summed E-state index contributed by atoms with van der Waals surface area (Å²) >= 11 is 5.66. The first kappa shape index (κ1) is 8.00. The first-order valence-electron chi connectivity index (χ1n) is 2.85. The van der Waals surface area contributed by atoms with E-state index in [4.69, 9.17) is 11.6 Å². The van der Waals surface area contributed by atoms with Crippen LogP contribution < -0.4 is 0 Å². The van der Waals surface area contributed by atoms with Crippen LogP contribution >= 0.6 is 11.6 Å². The number of aryl methyl sites for hydroxylation is 1. The minimum absolute atomic E-state index is 0.205. The minimum atomic E-state index is 0.205. The molecule has 0 spiro atoms. The molecule has 0 aliphatic carbocycles. The summed E-state index contributed by atoms with van der Waals surface area (Å²) in [6.45, 7) is 0. The quantitative estimate of drug-likeness (QED) is 0.633. The number of hydrogen-bond donors (Lipinski definition) is 0. The van der Waals surface area contributed by atoms with Crippen LogP contribution in [-0.4, -0.2) is 21.8 Å². The van der Waals surface area contributed by atoms with Gasteiger partial charge in [-0.3, -0.25) is 4.68 Å². The topological polar surface area (TPSA) is 47.1 Å². The van der Waals surface area contributed by atoms with Crippen molar-refractivity contribution in [3.63, 3.8) is 0 Å². The van der Waals surface area contributed by atoms with Gasteiger partial charge in [0, 0.05) is 7.05 Å². The normalized spacial score (nSPS) is 9.73. The largest absolute Gasteiger partial charge is 0.373 e. The van der Waals surface area contributed by atoms with E-state index >= 15 is 0 Å². The van der Waals surface area contributed by atoms with Gasteiger partial charge in [0.1, 0.15) is 6.20 Å². The van der Waals surface area contributed by atoms with E-state index in [0.717, 1.165) is 0 Å². The third kappa shape index (κ3) is 1.32. The molecule has 0 bridgehead atoms. The average Bonchev–Trinajstić information content (AvgIpc) is 2.32. The molecule has 0 atom stereocenters. The molecule has 0 saturated carbocycles. The van der Waals surface area contributed by atoms with E-state index in [2.05, 4.69) is 9.94 Å². The molecule has 1 rings (SSSR count). The third-order valence-electron chi connectivity index (χ3n) is 1.21. The Morgan fingerprint density at radius 1 is 1.82 bits per heavy atom. The first-order valence-corrected chi connectivity index (χ1v) is 3.23. The zero-order valence-electron chi connectivity index (χ0n) is 6.11. The van der Waals surface area contributed by atoms with Crippen molar-refractivity contribution in [2.45, 2.75) is 0 Å². The molecule has 0 aliphatic heterocycles. The molecule has 0 N–H and O–H groups in total. The average molecular weight is 177 g/mol. The lowest BCUT2D eigenvalue weighted by atomic mass is 10.6. The van der Waals surface area contributed by atoms with Crippen molar-refractivity contribution >= 4 is 17.3 Å². The van der Waals surface area contributed by atoms with Gasteiger partial charge in [0.05, 0.1) is 4.91 Å². The Hall–Kier alpha value is -1.10. The lowest BCUT2D eigenvalue weighted by Gasteiger charge is -1.86. The summed E-state index contributed by atoms with van der Waals surface area (Å²) in [6, 6.07) is 0. The fourth-order valence-electron chi connectivity index (χ4n) is 0.632. The monoisotopic (exact) mass is 176 g/mol. The maximum Gasteiger partial charge on any atom is 0.373 e. The Morgan fingerprint density at radius 2 is 2.45 bits per heavy atom. The van der Waals surface area contributed by atoms with Crippen LogP contribution in [0.4, 0.5) is 5.69 Å². The molecular weight excluding hydrogens is 170 g/mol. The summed E-state index contributed by atoms with van der Waals surface area (Å²) in [5.41, 5.74) is 0.205. The highest BCUT2D eigenvalue weighted by Crippen LogP contribution is 2.22. The molecule has 1 aromatic rings. The second-order valence-corrected chi connectivity index (χ2v) is 2.24. The Kier molecular flexibility index (Phi) is 2.09. The molecule has 60 valence electrons. The second-order valence-electron chi connectivity index (χ2n) is 1.88. The fraction of sp³-hybridized carbons (Fsp3) is 0.400. The lowest BCUT2D eigenvalue weighted by Crippen LogP contribution is -1.97. The Morgan fingerprint density at radius 3 is 2.82 bits per heavy atom. The number of hydrogen-bond acceptors (Lipinski definition) is 3. The van der Waals surface area contributed by atoms with E-state index in [1.807, 2.05) is 0 Å². The molecule has 6 heteroatoms. The van der Waals surface area contributed by atoms with E-state index < -0.39 is 0 Å². The number of nitrogens with zero attached hydrogens (tertiary/aromatic N) is 3. The molecular formula is C5H7ClN3O2+. The third-order valence-corrected chi connectivity index (χ3v) is 1.65. The van der Waals surface area contributed by atoms with Crippen molar-refractivity contribution in [1.82, 2.24) is 9.78 Å². The van der Waals surface area contributed by atoms with Crippen molar-refractivity contribution in [2.75, 3.05) is 7.11 Å². The van der Waals surface area contributed by atoms with Gasteiger partial charge < -0.3 is 0 Å². The maximum atomic E-state index is 10.8. The summed E-state index contributed by atoms with van der Waals surface area (Å²) < 4.78 is 1.38. The smallest absolute Gasteiger partial charge is 0.251 e. The second kappa shape index (κ2) is 2.87. The Bertz CT molecular complexity index is 283. The lowest BCUT2D eigenvalue weighted by molar-refractivity contribution is -0.736. The molecule has 11 heavy (non-hydrogen) atoms. The van der Waals surface area contributed by atoms with Gasteiger partial charge in [-0.1, -0.05) is 11.6 Å². The van der Waals surface area contributed by atoms with Crippen molar-refractivity contribution < 1.29 is 9.76 Å². The SMILES string of the molecule is CO[N+](=O)c1cnn(C)c1Cl. The Balaban J connectivity index is 3.04. The summed E-state index contributed by atoms with van der Waals surface area (Å²) in [5.74, 6) is 0. The number of halogens is 1. The first-order chi connectivity index (χ1) is 5.16. The highest BCUT2D eigenvalue weighted by molar-refractivity contribution is 6.31. The van der Waals surface area contributed by atoms with E-state index in [-0.39, 0.29) is 10.8 Å². The molecule has 5 nitrogen and oxygen atoms in total. The number of aromatic nitrogens is 2. The standard InChI is InChI=1S/C5H7ClN3O2/c1-8-5(6)4(3-7-8)9(10)11-2/h3H,1-2H3/q+1. The fourth-order valence-corrected chi connectivity index (χ4v) is 0.793. The van der Waals surface area contributed by atoms with Gasteiger partial charge >= 0.3 is 5.69 Å². The van der Waals surface area contributed by atoms with Crippen LogP contribution in [0.5, 0.6) is 0 Å². The van der Waals surface area contributed by atoms with E-state index in [1.54, 1.807) is 7.05 Å². The van der Waals surface area contributed by atoms with Gasteiger partial charge in [-0.05, 0) is 0 Å². The molecule has 0 radical (unpaired) electrons. The van der Waals surface area contributed by atoms with Gasteiger partial charge in [-0.25, -0.2) is 4.84 Å². The minimum Gasteiger partial charge on any atom is -0.251 e. The van der Waals surface area contributed by atoms with Gasteiger partial charge in [0.15, 0.2) is 7.11 Å². The van der Waals surface area contributed by atoms with E-state index in [0.29, 0.717) is 4.92 Å². The van der Waals surface area contributed by atoms with Gasteiger partial charge in [0.25, 0.3) is 4.92 Å². The predicted molar refractivity (Wildman–Crippen MR) is 38.5 cm³/mol. The van der Waals surface area contributed by atoms with Crippen molar-refractivity contribution in [3.8, 4) is 0 Å². The van der Waals surface area contributed by atoms with Crippen LogP contribution in [0.3, 0.4) is 0 Å². The summed E-state index contributed by atoms with van der Waals surface area (Å²) in [6.07, 6.45) is 1.33. The summed E-state index contributed by atoms with van der Waals surface area (Å²) in [7, 11) is 2.89. The molecule has 0 fully saturated rings. The number of rotatable bonds is 2. The maximum absolute atomic E-state index is 10.8. The highest BCUT2D eigenvalue weighted by atomic mass is 35.5. The van der Waals surface area contributed by atoms with Crippen LogP contribution in [0.1, 0.15) is 0 Å². The molecule has 1 heterocycles. The van der Waals surface area contributed by atoms with Crippen molar-refractivity contribution in [3.05, 3.63) is 16.3 Å². The molecule has 0 saturated heterocycles. The molecule has 0 aliphatic rings. The molecule has 0 unspecified atom stereocenters. The van der Waals surface area contributed by atoms with E-state index in [1.165, 1.54) is 18.0 Å².